The van der Waals surface area contributed by atoms with Gasteiger partial charge >= 0.3 is 11.9 Å². The summed E-state index contributed by atoms with van der Waals surface area (Å²) in [5.74, 6) is 2.11. The topological polar surface area (TPSA) is 121 Å². The van der Waals surface area contributed by atoms with E-state index in [-0.39, 0.29) is 58.4 Å². The van der Waals surface area contributed by atoms with E-state index >= 15 is 9.59 Å². The molecule has 5 aliphatic heterocycles. The van der Waals surface area contributed by atoms with Crippen molar-refractivity contribution in [3.05, 3.63) is 165 Å². The third-order valence-corrected chi connectivity index (χ3v) is 21.7. The minimum absolute atomic E-state index is 0.0164. The second-order valence-corrected chi connectivity index (χ2v) is 25.7. The molecule has 2 spiro atoms. The molecule has 79 heavy (non-hydrogen) atoms. The molecule has 5 fully saturated rings. The molecule has 15 rings (SSSR count). The normalized spacial score (nSPS) is 30.8. The minimum Gasteiger partial charge on any atom is -0.508 e. The fourth-order valence-electron chi connectivity index (χ4n) is 18.0. The molecule has 5 N–H and O–H groups in total. The number of phenols is 1. The number of esters is 2. The van der Waals surface area contributed by atoms with Gasteiger partial charge in [0.15, 0.2) is 0 Å². The molecule has 2 saturated heterocycles. The molecule has 0 radical (unpaired) electrons. The summed E-state index contributed by atoms with van der Waals surface area (Å²) in [6.07, 6.45) is 23.6. The highest BCUT2D eigenvalue weighted by Gasteiger charge is 2.69. The third kappa shape index (κ3) is 9.31. The summed E-state index contributed by atoms with van der Waals surface area (Å²) in [6.45, 7) is 8.96. The Morgan fingerprint density at radius 1 is 0.797 bits per heavy atom. The van der Waals surface area contributed by atoms with E-state index in [0.717, 1.165) is 136 Å². The van der Waals surface area contributed by atoms with Gasteiger partial charge in [-0.25, -0.2) is 9.59 Å². The predicted octanol–water partition coefficient (Wildman–Crippen LogP) is 13.1. The number of piperidine rings is 1. The molecule has 5 heterocycles. The maximum absolute atomic E-state index is 15.3. The molecule has 414 valence electrons. The Kier molecular flexibility index (Phi) is 14.5. The smallest absolute Gasteiger partial charge is 0.340 e. The second-order valence-electron chi connectivity index (χ2n) is 25.7. The van der Waals surface area contributed by atoms with E-state index in [0.29, 0.717) is 29.6 Å². The zero-order valence-electron chi connectivity index (χ0n) is 47.2. The minimum atomic E-state index is -0.860. The van der Waals surface area contributed by atoms with Crippen LogP contribution in [0.25, 0.3) is 16.7 Å². The van der Waals surface area contributed by atoms with Gasteiger partial charge in [-0.1, -0.05) is 99.5 Å². The van der Waals surface area contributed by atoms with Crippen molar-refractivity contribution in [3.8, 4) is 16.9 Å². The third-order valence-electron chi connectivity index (χ3n) is 21.7. The molecule has 9 unspecified atom stereocenters. The molecule has 6 aliphatic carbocycles. The summed E-state index contributed by atoms with van der Waals surface area (Å²) in [4.78, 5) is 30.6. The maximum Gasteiger partial charge on any atom is 0.340 e. The van der Waals surface area contributed by atoms with Crippen LogP contribution < -0.4 is 21.3 Å². The number of hydrogen-bond donors (Lipinski definition) is 5. The van der Waals surface area contributed by atoms with Crippen molar-refractivity contribution in [2.45, 2.75) is 154 Å². The van der Waals surface area contributed by atoms with Crippen molar-refractivity contribution < 1.29 is 24.2 Å². The van der Waals surface area contributed by atoms with Crippen LogP contribution in [0, 0.1) is 46.3 Å². The van der Waals surface area contributed by atoms with Gasteiger partial charge in [-0.2, -0.15) is 0 Å². The number of hydrogen-bond acceptors (Lipinski definition) is 9. The molecule has 0 amide bonds. The van der Waals surface area contributed by atoms with E-state index in [2.05, 4.69) is 127 Å². The molecular weight excluding hydrogens is 977 g/mol. The van der Waals surface area contributed by atoms with Crippen LogP contribution in [-0.2, 0) is 50.4 Å². The van der Waals surface area contributed by atoms with Gasteiger partial charge in [0, 0.05) is 30.2 Å². The number of cyclic esters (lactones) is 1. The molecule has 11 aliphatic rings. The predicted molar refractivity (Wildman–Crippen MR) is 313 cm³/mol. The summed E-state index contributed by atoms with van der Waals surface area (Å²) in [6, 6.07) is 32.9. The zero-order chi connectivity index (χ0) is 53.9. The largest absolute Gasteiger partial charge is 0.508 e. The summed E-state index contributed by atoms with van der Waals surface area (Å²) < 4.78 is 13.5. The van der Waals surface area contributed by atoms with Crippen LogP contribution in [0.2, 0.25) is 0 Å². The van der Waals surface area contributed by atoms with Crippen molar-refractivity contribution in [2.24, 2.45) is 46.3 Å². The quantitative estimate of drug-likeness (QED) is 0.0781. The standard InChI is InChI=1S/C70H84N4O5/c1-4-30-72-43-48-34-46-23-31-73-42-47-14-11-15-49(35-47)54-17-16-53(75)40-58(54)62-55-21-29-70(60(79-67(77)65(62)70)38-44(5-2)33-45-12-7-6-8-13-45)64-56(55)18-19-57-59(78-66(76)63(57)64)22-28-68(50-24-32-74-61(39-50)71-3)27-20-51(41-68)69(25-9-10-26-69)52(36-46)37-48/h6-8,11-17,22,34-38,40,44,50-51,55-56,61,64,71-75H,4-5,9-10,18-21,23-33,39,41-43H2,1-3H3. The molecule has 14 bridgehead atoms. The number of aromatic hydroxyl groups is 1. The molecule has 9 heteroatoms. The van der Waals surface area contributed by atoms with Crippen molar-refractivity contribution >= 4 is 17.5 Å². The number of carbonyl (C=O) groups excluding carboxylic acids is 2. The van der Waals surface area contributed by atoms with Crippen molar-refractivity contribution in [2.75, 3.05) is 26.7 Å². The number of fused-ring (bicyclic) bond motifs is 5. The molecular formula is C70H84N4O5. The Bertz CT molecular complexity index is 3130. The number of carbonyl (C=O) groups is 2. The summed E-state index contributed by atoms with van der Waals surface area (Å²) in [5.41, 5.74) is 12.6. The molecule has 0 aromatic heterocycles. The van der Waals surface area contributed by atoms with Gasteiger partial charge in [-0.05, 0) is 250 Å². The molecule has 4 aromatic carbocycles. The number of phenolic OH excluding ortho intramolecular Hbond substituents is 1. The fourth-order valence-corrected chi connectivity index (χ4v) is 18.0. The van der Waals surface area contributed by atoms with E-state index in [1.165, 1.54) is 67.2 Å². The van der Waals surface area contributed by atoms with Crippen LogP contribution in [0.4, 0.5) is 0 Å². The summed E-state index contributed by atoms with van der Waals surface area (Å²) in [7, 11) is 2.10. The van der Waals surface area contributed by atoms with Gasteiger partial charge in [0.05, 0.1) is 17.2 Å². The van der Waals surface area contributed by atoms with Crippen LogP contribution in [0.3, 0.4) is 0 Å². The monoisotopic (exact) mass is 1060 g/mol. The molecule has 3 saturated carbocycles. The van der Waals surface area contributed by atoms with Gasteiger partial charge in [-0.15, -0.1) is 0 Å². The van der Waals surface area contributed by atoms with E-state index in [1.807, 2.05) is 12.1 Å². The SMILES string of the molecule is CCCNCc1cc2cc(c1)C1(CCCC1)C1CCC(C3CCNC(NC)C3)(CC=C3OC(=O)C4=C3CCC3C5CCC6(C(=CC(CC)Cc7ccccc7)OC(=O)C6=C5c5cc(O)ccc5-c5cccc(c5)CNCC2)C43)C1. The van der Waals surface area contributed by atoms with Crippen LogP contribution in [-0.4, -0.2) is 49.9 Å². The average molecular weight is 1060 g/mol. The first-order chi connectivity index (χ1) is 38.6. The Labute approximate surface area is 469 Å². The maximum atomic E-state index is 15.3. The van der Waals surface area contributed by atoms with Crippen molar-refractivity contribution in [3.63, 3.8) is 0 Å². The first-order valence-corrected chi connectivity index (χ1v) is 30.9. The summed E-state index contributed by atoms with van der Waals surface area (Å²) >= 11 is 0. The van der Waals surface area contributed by atoms with Crippen LogP contribution >= 0.6 is 0 Å². The van der Waals surface area contributed by atoms with Gasteiger partial charge in [0.2, 0.25) is 0 Å². The van der Waals surface area contributed by atoms with Crippen LogP contribution in [0.5, 0.6) is 5.75 Å². The van der Waals surface area contributed by atoms with E-state index in [4.69, 9.17) is 9.47 Å². The van der Waals surface area contributed by atoms with E-state index in [9.17, 15) is 5.11 Å². The number of ether oxygens (including phenoxy) is 2. The van der Waals surface area contributed by atoms with Gasteiger partial charge in [-0.3, -0.25) is 0 Å². The van der Waals surface area contributed by atoms with Gasteiger partial charge < -0.3 is 35.8 Å². The Hall–Kier alpha value is -5.58. The lowest BCUT2D eigenvalue weighted by Crippen LogP contribution is -2.52. The second kappa shape index (κ2) is 21.7. The van der Waals surface area contributed by atoms with Crippen LogP contribution in [0.15, 0.2) is 131 Å². The Morgan fingerprint density at radius 2 is 1.67 bits per heavy atom. The van der Waals surface area contributed by atoms with Crippen molar-refractivity contribution in [1.82, 2.24) is 21.3 Å². The number of nitrogens with one attached hydrogen (secondary N) is 4. The highest BCUT2D eigenvalue weighted by atomic mass is 16.5. The highest BCUT2D eigenvalue weighted by molar-refractivity contribution is 6.07. The first kappa shape index (κ1) is 52.8. The highest BCUT2D eigenvalue weighted by Crippen LogP contribution is 2.72. The lowest BCUT2D eigenvalue weighted by atomic mass is 9.44. The van der Waals surface area contributed by atoms with E-state index < -0.39 is 5.41 Å². The molecule has 9 atom stereocenters. The van der Waals surface area contributed by atoms with E-state index in [1.54, 1.807) is 11.6 Å². The van der Waals surface area contributed by atoms with Crippen molar-refractivity contribution in [1.29, 1.82) is 0 Å². The lowest BCUT2D eigenvalue weighted by Gasteiger charge is -2.56. The van der Waals surface area contributed by atoms with Gasteiger partial charge in [0.25, 0.3) is 0 Å². The average Bonchev–Trinajstić information content (AvgIpc) is 3.12. The number of allylic oxidation sites excluding steroid dienone is 5. The summed E-state index contributed by atoms with van der Waals surface area (Å²) in [5, 5.41) is 26.5. The van der Waals surface area contributed by atoms with Crippen LogP contribution in [0.1, 0.15) is 150 Å². The Morgan fingerprint density at radius 3 is 2.51 bits per heavy atom. The zero-order valence-corrected chi connectivity index (χ0v) is 47.2. The fraction of sp³-hybridized carbons (Fsp3) is 0.514. The molecule has 9 nitrogen and oxygen atoms in total. The number of rotatable bonds is 10. The Balaban J connectivity index is 0.979. The lowest BCUT2D eigenvalue weighted by molar-refractivity contribution is -0.135. The van der Waals surface area contributed by atoms with Gasteiger partial charge in [0.1, 0.15) is 17.3 Å². The molecule has 4 aromatic rings. The first-order valence-electron chi connectivity index (χ1n) is 30.9. The number of benzene rings is 4.